The lowest BCUT2D eigenvalue weighted by molar-refractivity contribution is 0.264. The molecule has 5 heteroatoms. The third-order valence-electron chi connectivity index (χ3n) is 5.49. The topological polar surface area (TPSA) is 79.3 Å². The first-order valence-corrected chi connectivity index (χ1v) is 9.88. The van der Waals surface area contributed by atoms with Gasteiger partial charge in [-0.15, -0.1) is 0 Å². The fourth-order valence-electron chi connectivity index (χ4n) is 4.02. The van der Waals surface area contributed by atoms with Crippen LogP contribution in [0.3, 0.4) is 0 Å². The van der Waals surface area contributed by atoms with Gasteiger partial charge in [-0.05, 0) is 30.0 Å². The van der Waals surface area contributed by atoms with Crippen molar-refractivity contribution in [1.29, 1.82) is 0 Å². The summed E-state index contributed by atoms with van der Waals surface area (Å²) in [5, 5.41) is 7.13. The summed E-state index contributed by atoms with van der Waals surface area (Å²) in [5.74, 6) is 0. The minimum Gasteiger partial charge on any atom is -0.364 e. The highest BCUT2D eigenvalue weighted by molar-refractivity contribution is 5.82. The first kappa shape index (κ1) is 17.9. The molecule has 2 aromatic carbocycles. The van der Waals surface area contributed by atoms with E-state index in [0.29, 0.717) is 6.54 Å². The Morgan fingerprint density at radius 3 is 2.48 bits per heavy atom. The second-order valence-corrected chi connectivity index (χ2v) is 7.38. The highest BCUT2D eigenvalue weighted by Crippen LogP contribution is 2.40. The maximum Gasteiger partial charge on any atom is 0.118 e. The van der Waals surface area contributed by atoms with E-state index >= 15 is 0 Å². The predicted octanol–water partition coefficient (Wildman–Crippen LogP) is 3.15. The van der Waals surface area contributed by atoms with Crippen LogP contribution in [0.1, 0.15) is 42.9 Å². The Morgan fingerprint density at radius 2 is 1.74 bits per heavy atom. The van der Waals surface area contributed by atoms with E-state index in [1.807, 2.05) is 0 Å². The van der Waals surface area contributed by atoms with Crippen molar-refractivity contribution in [2.45, 2.75) is 51.6 Å². The number of hydrogen-bond donors (Lipinski definition) is 4. The molecule has 2 heterocycles. The van der Waals surface area contributed by atoms with E-state index < -0.39 is 0 Å². The quantitative estimate of drug-likeness (QED) is 0.634. The van der Waals surface area contributed by atoms with Gasteiger partial charge in [-0.2, -0.15) is 0 Å². The third-order valence-corrected chi connectivity index (χ3v) is 5.49. The van der Waals surface area contributed by atoms with Crippen molar-refractivity contribution in [1.82, 2.24) is 10.2 Å². The van der Waals surface area contributed by atoms with Crippen LogP contribution in [0.25, 0.3) is 5.70 Å². The smallest absolute Gasteiger partial charge is 0.118 e. The zero-order chi connectivity index (χ0) is 18.8. The first-order chi connectivity index (χ1) is 13.2. The van der Waals surface area contributed by atoms with Crippen LogP contribution in [0.5, 0.6) is 0 Å². The Kier molecular flexibility index (Phi) is 5.05. The number of para-hydroxylation sites is 1. The van der Waals surface area contributed by atoms with Crippen molar-refractivity contribution in [3.63, 3.8) is 0 Å². The van der Waals surface area contributed by atoms with Crippen molar-refractivity contribution in [3.8, 4) is 0 Å². The summed E-state index contributed by atoms with van der Waals surface area (Å²) in [6.45, 7) is 3.67. The molecule has 0 aromatic heterocycles. The molecular formula is C22H29N5. The number of nitrogens with zero attached hydrogens (tertiary/aromatic N) is 1. The SMILES string of the molecule is CCCCC1NC2=C(c3ccccc3NC2N)N1Cc1ccc(CN)cc1. The van der Waals surface area contributed by atoms with Crippen LogP contribution in [-0.4, -0.2) is 17.2 Å². The second-order valence-electron chi connectivity index (χ2n) is 7.38. The van der Waals surface area contributed by atoms with E-state index in [2.05, 4.69) is 71.0 Å². The number of nitrogens with one attached hydrogen (secondary N) is 2. The normalized spacial score (nSPS) is 20.8. The van der Waals surface area contributed by atoms with Crippen LogP contribution in [0.15, 0.2) is 54.2 Å². The van der Waals surface area contributed by atoms with E-state index in [1.165, 1.54) is 29.7 Å². The largest absolute Gasteiger partial charge is 0.364 e. The Balaban J connectivity index is 1.69. The summed E-state index contributed by atoms with van der Waals surface area (Å²) in [4.78, 5) is 2.49. The van der Waals surface area contributed by atoms with Crippen LogP contribution in [-0.2, 0) is 13.1 Å². The molecule has 2 aromatic rings. The molecule has 2 aliphatic heterocycles. The van der Waals surface area contributed by atoms with Gasteiger partial charge in [0.1, 0.15) is 6.17 Å². The Hall–Kier alpha value is -2.50. The molecule has 4 rings (SSSR count). The molecule has 2 atom stereocenters. The standard InChI is InChI=1S/C22H29N5/c1-2-3-8-19-26-20-21(17-6-4-5-7-18(17)25-22(20)24)27(19)14-16-11-9-15(13-23)10-12-16/h4-7,9-12,19,22,25-26H,2-3,8,13-14,23-24H2,1H3. The minimum atomic E-state index is -0.205. The zero-order valence-electron chi connectivity index (χ0n) is 15.9. The lowest BCUT2D eigenvalue weighted by atomic mass is 10.0. The molecule has 0 spiro atoms. The fraction of sp³-hybridized carbons (Fsp3) is 0.364. The van der Waals surface area contributed by atoms with E-state index in [0.717, 1.165) is 29.9 Å². The lowest BCUT2D eigenvalue weighted by Crippen LogP contribution is -2.41. The number of benzene rings is 2. The summed E-state index contributed by atoms with van der Waals surface area (Å²) in [6, 6.07) is 17.0. The summed E-state index contributed by atoms with van der Waals surface area (Å²) in [7, 11) is 0. The van der Waals surface area contributed by atoms with Gasteiger partial charge < -0.3 is 27.0 Å². The molecule has 2 aliphatic rings. The molecule has 0 saturated carbocycles. The molecule has 27 heavy (non-hydrogen) atoms. The van der Waals surface area contributed by atoms with Crippen molar-refractivity contribution >= 4 is 11.4 Å². The van der Waals surface area contributed by atoms with E-state index in [9.17, 15) is 0 Å². The summed E-state index contributed by atoms with van der Waals surface area (Å²) in [6.07, 6.45) is 3.53. The zero-order valence-corrected chi connectivity index (χ0v) is 15.9. The monoisotopic (exact) mass is 363 g/mol. The number of nitrogens with two attached hydrogens (primary N) is 2. The van der Waals surface area contributed by atoms with E-state index in [4.69, 9.17) is 11.5 Å². The molecule has 142 valence electrons. The number of hydrogen-bond acceptors (Lipinski definition) is 5. The second kappa shape index (κ2) is 7.62. The Morgan fingerprint density at radius 1 is 1.00 bits per heavy atom. The van der Waals surface area contributed by atoms with Crippen LogP contribution >= 0.6 is 0 Å². The van der Waals surface area contributed by atoms with Gasteiger partial charge in [-0.25, -0.2) is 0 Å². The van der Waals surface area contributed by atoms with Crippen LogP contribution < -0.4 is 22.1 Å². The summed E-state index contributed by atoms with van der Waals surface area (Å²) in [5.41, 5.74) is 19.3. The van der Waals surface area contributed by atoms with Crippen molar-refractivity contribution in [2.24, 2.45) is 11.5 Å². The maximum atomic E-state index is 6.45. The van der Waals surface area contributed by atoms with Gasteiger partial charge in [-0.1, -0.05) is 55.8 Å². The molecule has 2 unspecified atom stereocenters. The number of anilines is 1. The minimum absolute atomic E-state index is 0.205. The number of fused-ring (bicyclic) bond motifs is 2. The fourth-order valence-corrected chi connectivity index (χ4v) is 4.02. The molecular weight excluding hydrogens is 334 g/mol. The average molecular weight is 364 g/mol. The molecule has 0 amide bonds. The molecule has 0 radical (unpaired) electrons. The van der Waals surface area contributed by atoms with Gasteiger partial charge in [0, 0.05) is 24.3 Å². The Labute approximate surface area is 161 Å². The maximum absolute atomic E-state index is 6.45. The van der Waals surface area contributed by atoms with Crippen molar-refractivity contribution in [2.75, 3.05) is 5.32 Å². The third kappa shape index (κ3) is 3.40. The van der Waals surface area contributed by atoms with Crippen LogP contribution in [0, 0.1) is 0 Å². The van der Waals surface area contributed by atoms with Gasteiger partial charge in [0.15, 0.2) is 0 Å². The van der Waals surface area contributed by atoms with Crippen molar-refractivity contribution < 1.29 is 0 Å². The van der Waals surface area contributed by atoms with Gasteiger partial charge in [0.2, 0.25) is 0 Å². The Bertz CT molecular complexity index is 827. The summed E-state index contributed by atoms with van der Waals surface area (Å²) < 4.78 is 0. The van der Waals surface area contributed by atoms with Crippen molar-refractivity contribution in [3.05, 3.63) is 70.9 Å². The molecule has 6 N–H and O–H groups in total. The molecule has 0 bridgehead atoms. The van der Waals surface area contributed by atoms with Gasteiger partial charge in [0.25, 0.3) is 0 Å². The van der Waals surface area contributed by atoms with Crippen LogP contribution in [0.4, 0.5) is 5.69 Å². The lowest BCUT2D eigenvalue weighted by Gasteiger charge is -2.31. The average Bonchev–Trinajstić information content (AvgIpc) is 3.06. The van der Waals surface area contributed by atoms with E-state index in [1.54, 1.807) is 0 Å². The summed E-state index contributed by atoms with van der Waals surface area (Å²) >= 11 is 0. The molecule has 0 aliphatic carbocycles. The highest BCUT2D eigenvalue weighted by atomic mass is 15.4. The van der Waals surface area contributed by atoms with E-state index in [-0.39, 0.29) is 12.3 Å². The molecule has 5 nitrogen and oxygen atoms in total. The number of unbranched alkanes of at least 4 members (excludes halogenated alkanes) is 1. The van der Waals surface area contributed by atoms with Crippen LogP contribution in [0.2, 0.25) is 0 Å². The first-order valence-electron chi connectivity index (χ1n) is 9.88. The highest BCUT2D eigenvalue weighted by Gasteiger charge is 2.37. The number of rotatable bonds is 6. The molecule has 0 saturated heterocycles. The van der Waals surface area contributed by atoms with Gasteiger partial charge >= 0.3 is 0 Å². The van der Waals surface area contributed by atoms with Gasteiger partial charge in [0.05, 0.1) is 17.6 Å². The van der Waals surface area contributed by atoms with Gasteiger partial charge in [-0.3, -0.25) is 0 Å². The predicted molar refractivity (Wildman–Crippen MR) is 111 cm³/mol. The molecule has 0 fully saturated rings.